The van der Waals surface area contributed by atoms with Gasteiger partial charge in [-0.1, -0.05) is 65.7 Å². The maximum absolute atomic E-state index is 14.4. The predicted octanol–water partition coefficient (Wildman–Crippen LogP) is 8.14. The van der Waals surface area contributed by atoms with Gasteiger partial charge in [-0.3, -0.25) is 18.9 Å². The lowest BCUT2D eigenvalue weighted by molar-refractivity contribution is 0.0740. The summed E-state index contributed by atoms with van der Waals surface area (Å²) >= 11 is 0. The van der Waals surface area contributed by atoms with E-state index in [4.69, 9.17) is 14.0 Å². The Morgan fingerprint density at radius 1 is 0.578 bits per heavy atom. The van der Waals surface area contributed by atoms with Crippen LogP contribution in [-0.2, 0) is 13.8 Å². The number of rotatable bonds is 14. The summed E-state index contributed by atoms with van der Waals surface area (Å²) in [5.74, 6) is 0.507. The van der Waals surface area contributed by atoms with Gasteiger partial charge in [0, 0.05) is 22.3 Å². The molecule has 45 heavy (non-hydrogen) atoms. The number of ether oxygens (including phenoxy) is 2. The van der Waals surface area contributed by atoms with Crippen LogP contribution >= 0.6 is 7.37 Å². The number of aryl methyl sites for hydroxylation is 6. The zero-order valence-corrected chi connectivity index (χ0v) is 27.5. The SMILES string of the molecule is Cc1cc(C)c(C(=O)P(=O)(OCCOCCOc2ccc(C(=O)c3ccccc3)cc2)C(=O)c2c(C)cc(C)cc2C)c(C)c1. The molecule has 0 heterocycles. The largest absolute Gasteiger partial charge is 0.491 e. The van der Waals surface area contributed by atoms with Crippen molar-refractivity contribution in [2.75, 3.05) is 26.4 Å². The van der Waals surface area contributed by atoms with Crippen LogP contribution in [0, 0.1) is 41.5 Å². The van der Waals surface area contributed by atoms with Crippen molar-refractivity contribution < 1.29 is 32.9 Å². The molecule has 7 nitrogen and oxygen atoms in total. The number of hydrogen-bond donors (Lipinski definition) is 0. The van der Waals surface area contributed by atoms with Crippen molar-refractivity contribution in [3.63, 3.8) is 0 Å². The maximum atomic E-state index is 14.4. The first-order chi connectivity index (χ1) is 21.4. The van der Waals surface area contributed by atoms with Crippen LogP contribution in [0.2, 0.25) is 0 Å². The van der Waals surface area contributed by atoms with Crippen molar-refractivity contribution in [3.8, 4) is 5.75 Å². The standard InChI is InChI=1S/C37H39O7P/c1-24-20-26(3)33(27(4)21-24)36(39)45(41,37(40)34-28(5)22-25(2)23-29(34)6)44-19-17-42-16-18-43-32-14-12-31(13-15-32)35(38)30-10-8-7-9-11-30/h7-15,20-23H,16-19H2,1-6H3. The van der Waals surface area contributed by atoms with E-state index in [-0.39, 0.29) is 43.3 Å². The van der Waals surface area contributed by atoms with Gasteiger partial charge in [-0.15, -0.1) is 0 Å². The summed E-state index contributed by atoms with van der Waals surface area (Å²) < 4.78 is 31.5. The topological polar surface area (TPSA) is 96.0 Å². The summed E-state index contributed by atoms with van der Waals surface area (Å²) in [6.45, 7) is 11.1. The van der Waals surface area contributed by atoms with Crippen molar-refractivity contribution in [3.05, 3.63) is 134 Å². The molecule has 0 spiro atoms. The fraction of sp³-hybridized carbons (Fsp3) is 0.270. The van der Waals surface area contributed by atoms with Crippen LogP contribution in [0.5, 0.6) is 5.75 Å². The van der Waals surface area contributed by atoms with E-state index in [2.05, 4.69) is 0 Å². The van der Waals surface area contributed by atoms with Gasteiger partial charge in [0.1, 0.15) is 12.4 Å². The highest BCUT2D eigenvalue weighted by Crippen LogP contribution is 2.54. The third kappa shape index (κ3) is 7.93. The fourth-order valence-corrected chi connectivity index (χ4v) is 7.59. The Kier molecular flexibility index (Phi) is 11.1. The number of ketones is 1. The van der Waals surface area contributed by atoms with Crippen molar-refractivity contribution in [2.24, 2.45) is 0 Å². The maximum Gasteiger partial charge on any atom is 0.340 e. The Morgan fingerprint density at radius 3 is 1.51 bits per heavy atom. The summed E-state index contributed by atoms with van der Waals surface area (Å²) in [5.41, 5.74) is 4.51. The molecule has 0 aromatic heterocycles. The average Bonchev–Trinajstić information content (AvgIpc) is 2.99. The molecule has 0 bridgehead atoms. The Bertz CT molecular complexity index is 1640. The van der Waals surface area contributed by atoms with Gasteiger partial charge in [-0.25, -0.2) is 0 Å². The minimum absolute atomic E-state index is 0.00382. The lowest BCUT2D eigenvalue weighted by Gasteiger charge is -2.21. The van der Waals surface area contributed by atoms with E-state index in [0.29, 0.717) is 39.1 Å². The smallest absolute Gasteiger partial charge is 0.340 e. The number of carbonyl (C=O) groups excluding carboxylic acids is 3. The summed E-state index contributed by atoms with van der Waals surface area (Å²) in [5, 5.41) is 0. The van der Waals surface area contributed by atoms with E-state index in [9.17, 15) is 18.9 Å². The van der Waals surface area contributed by atoms with Gasteiger partial charge in [-0.2, -0.15) is 0 Å². The Balaban J connectivity index is 1.39. The minimum Gasteiger partial charge on any atom is -0.491 e. The van der Waals surface area contributed by atoms with Crippen LogP contribution in [-0.4, -0.2) is 43.3 Å². The molecule has 4 rings (SSSR count). The number of hydrogen-bond acceptors (Lipinski definition) is 7. The molecule has 0 aliphatic rings. The molecular weight excluding hydrogens is 587 g/mol. The first-order valence-corrected chi connectivity index (χ1v) is 16.4. The van der Waals surface area contributed by atoms with Gasteiger partial charge in [0.05, 0.1) is 19.8 Å². The molecule has 0 N–H and O–H groups in total. The second-order valence-corrected chi connectivity index (χ2v) is 13.4. The van der Waals surface area contributed by atoms with Crippen LogP contribution in [0.4, 0.5) is 0 Å². The molecule has 0 atom stereocenters. The van der Waals surface area contributed by atoms with Crippen molar-refractivity contribution in [2.45, 2.75) is 41.5 Å². The highest BCUT2D eigenvalue weighted by atomic mass is 31.2. The third-order valence-corrected chi connectivity index (χ3v) is 9.53. The zero-order chi connectivity index (χ0) is 32.7. The summed E-state index contributed by atoms with van der Waals surface area (Å²) in [4.78, 5) is 40.4. The monoisotopic (exact) mass is 626 g/mol. The number of carbonyl (C=O) groups is 3. The van der Waals surface area contributed by atoms with E-state index in [1.165, 1.54) is 0 Å². The van der Waals surface area contributed by atoms with E-state index >= 15 is 0 Å². The fourth-order valence-electron chi connectivity index (χ4n) is 5.54. The Morgan fingerprint density at radius 2 is 1.02 bits per heavy atom. The molecule has 0 saturated heterocycles. The van der Waals surface area contributed by atoms with Gasteiger partial charge >= 0.3 is 7.37 Å². The summed E-state index contributed by atoms with van der Waals surface area (Å²) in [6, 6.07) is 23.2. The van der Waals surface area contributed by atoms with E-state index in [1.54, 1.807) is 64.1 Å². The van der Waals surface area contributed by atoms with E-state index in [1.807, 2.05) is 56.3 Å². The van der Waals surface area contributed by atoms with E-state index < -0.39 is 18.4 Å². The highest BCUT2D eigenvalue weighted by molar-refractivity contribution is 7.91. The Labute approximate surface area is 265 Å². The quantitative estimate of drug-likeness (QED) is 0.0792. The second kappa shape index (κ2) is 14.7. The zero-order valence-electron chi connectivity index (χ0n) is 26.6. The van der Waals surface area contributed by atoms with Crippen LogP contribution in [0.15, 0.2) is 78.9 Å². The third-order valence-electron chi connectivity index (χ3n) is 7.47. The summed E-state index contributed by atoms with van der Waals surface area (Å²) in [7, 11) is -4.54. The van der Waals surface area contributed by atoms with E-state index in [0.717, 1.165) is 11.1 Å². The normalized spacial score (nSPS) is 11.3. The van der Waals surface area contributed by atoms with Gasteiger partial charge in [0.2, 0.25) is 0 Å². The molecule has 0 aliphatic carbocycles. The lowest BCUT2D eigenvalue weighted by atomic mass is 10.0. The molecule has 234 valence electrons. The van der Waals surface area contributed by atoms with Gasteiger partial charge in [-0.05, 0) is 88.1 Å². The van der Waals surface area contributed by atoms with Crippen LogP contribution in [0.3, 0.4) is 0 Å². The first kappa shape index (κ1) is 33.7. The highest BCUT2D eigenvalue weighted by Gasteiger charge is 2.44. The molecule has 4 aromatic rings. The van der Waals surface area contributed by atoms with Crippen molar-refractivity contribution >= 4 is 24.2 Å². The molecule has 0 amide bonds. The average molecular weight is 627 g/mol. The second-order valence-electron chi connectivity index (χ2n) is 11.2. The molecule has 0 aliphatic heterocycles. The predicted molar refractivity (Wildman–Crippen MR) is 176 cm³/mol. The summed E-state index contributed by atoms with van der Waals surface area (Å²) in [6.07, 6.45) is 0. The van der Waals surface area contributed by atoms with Crippen molar-refractivity contribution in [1.29, 1.82) is 0 Å². The molecule has 0 fully saturated rings. The molecule has 0 radical (unpaired) electrons. The Hall–Kier alpha value is -4.16. The van der Waals surface area contributed by atoms with Gasteiger partial charge in [0.15, 0.2) is 5.78 Å². The van der Waals surface area contributed by atoms with Crippen LogP contribution in [0.1, 0.15) is 70.0 Å². The first-order valence-electron chi connectivity index (χ1n) is 14.8. The molecule has 0 unspecified atom stereocenters. The van der Waals surface area contributed by atoms with Crippen LogP contribution < -0.4 is 4.74 Å². The van der Waals surface area contributed by atoms with Crippen molar-refractivity contribution in [1.82, 2.24) is 0 Å². The van der Waals surface area contributed by atoms with Crippen LogP contribution in [0.25, 0.3) is 0 Å². The molecule has 4 aromatic carbocycles. The lowest BCUT2D eigenvalue weighted by Crippen LogP contribution is -2.19. The van der Waals surface area contributed by atoms with Gasteiger partial charge in [0.25, 0.3) is 11.0 Å². The molecular formula is C37H39O7P. The minimum atomic E-state index is -4.54. The van der Waals surface area contributed by atoms with Gasteiger partial charge < -0.3 is 14.0 Å². The number of benzene rings is 4. The molecule has 8 heteroatoms. The molecule has 0 saturated carbocycles.